The van der Waals surface area contributed by atoms with Crippen LogP contribution in [0.1, 0.15) is 26.5 Å². The molecule has 0 radical (unpaired) electrons. The Labute approximate surface area is 167 Å². The number of H-pyrrole nitrogens is 1. The molecule has 1 heterocycles. The van der Waals surface area contributed by atoms with Crippen LogP contribution in [0.25, 0.3) is 0 Å². The molecule has 0 fully saturated rings. The molecule has 12 heteroatoms. The van der Waals surface area contributed by atoms with Gasteiger partial charge in [-0.2, -0.15) is 0 Å². The first-order valence-corrected chi connectivity index (χ1v) is 9.05. The Kier molecular flexibility index (Phi) is 9.22. The summed E-state index contributed by atoms with van der Waals surface area (Å²) in [5.41, 5.74) is 5.73. The van der Waals surface area contributed by atoms with Crippen molar-refractivity contribution < 1.29 is 29.4 Å². The van der Waals surface area contributed by atoms with Crippen LogP contribution >= 0.6 is 0 Å². The summed E-state index contributed by atoms with van der Waals surface area (Å²) >= 11 is 0. The fourth-order valence-electron chi connectivity index (χ4n) is 2.49. The summed E-state index contributed by atoms with van der Waals surface area (Å²) in [4.78, 5) is 54.6. The van der Waals surface area contributed by atoms with E-state index < -0.39 is 47.9 Å². The highest BCUT2D eigenvalue weighted by Crippen LogP contribution is 2.05. The normalized spacial score (nSPS) is 15.1. The van der Waals surface area contributed by atoms with E-state index in [4.69, 9.17) is 5.73 Å². The maximum atomic E-state index is 12.6. The molecule has 162 valence electrons. The highest BCUT2D eigenvalue weighted by atomic mass is 16.4. The molecule has 1 aromatic rings. The summed E-state index contributed by atoms with van der Waals surface area (Å²) in [7, 11) is 0. The van der Waals surface area contributed by atoms with Crippen molar-refractivity contribution in [3.8, 4) is 0 Å². The summed E-state index contributed by atoms with van der Waals surface area (Å²) in [6.07, 6.45) is 1.40. The second kappa shape index (κ2) is 11.1. The maximum Gasteiger partial charge on any atom is 0.326 e. The third-order valence-electron chi connectivity index (χ3n) is 4.11. The molecule has 0 aliphatic heterocycles. The topological polar surface area (TPSA) is 200 Å². The third-order valence-corrected chi connectivity index (χ3v) is 4.11. The Hall–Kier alpha value is -2.99. The molecule has 0 saturated carbocycles. The van der Waals surface area contributed by atoms with Crippen LogP contribution in [0, 0.1) is 5.92 Å². The van der Waals surface area contributed by atoms with Crippen molar-refractivity contribution in [2.24, 2.45) is 11.7 Å². The zero-order valence-corrected chi connectivity index (χ0v) is 16.5. The maximum absolute atomic E-state index is 12.6. The van der Waals surface area contributed by atoms with Crippen LogP contribution in [-0.4, -0.2) is 74.6 Å². The van der Waals surface area contributed by atoms with Gasteiger partial charge in [-0.1, -0.05) is 13.8 Å². The number of aliphatic hydroxyl groups excluding tert-OH is 1. The average Bonchev–Trinajstić information content (AvgIpc) is 3.15. The molecule has 29 heavy (non-hydrogen) atoms. The van der Waals surface area contributed by atoms with E-state index in [9.17, 15) is 29.4 Å². The first kappa shape index (κ1) is 24.0. The second-order valence-corrected chi connectivity index (χ2v) is 6.90. The van der Waals surface area contributed by atoms with E-state index in [1.54, 1.807) is 13.8 Å². The zero-order valence-electron chi connectivity index (χ0n) is 16.5. The van der Waals surface area contributed by atoms with Crippen molar-refractivity contribution in [3.05, 3.63) is 18.2 Å². The van der Waals surface area contributed by atoms with Gasteiger partial charge in [-0.15, -0.1) is 0 Å². The summed E-state index contributed by atoms with van der Waals surface area (Å²) in [6, 6.07) is -3.72. The van der Waals surface area contributed by atoms with Crippen LogP contribution in [0.2, 0.25) is 0 Å². The quantitative estimate of drug-likeness (QED) is 0.206. The Balaban J connectivity index is 2.88. The number of carbonyl (C=O) groups is 4. The number of hydrogen-bond acceptors (Lipinski definition) is 7. The van der Waals surface area contributed by atoms with E-state index in [0.717, 1.165) is 0 Å². The van der Waals surface area contributed by atoms with Gasteiger partial charge in [0.2, 0.25) is 17.7 Å². The SMILES string of the molecule is CC(C)C(NC(=O)CN)C(=O)NC(C(=O)NC(Cc1cnc[nH]1)C(=O)O)C(C)O. The number of aromatic nitrogens is 2. The lowest BCUT2D eigenvalue weighted by atomic mass is 10.0. The molecule has 3 amide bonds. The minimum Gasteiger partial charge on any atom is -0.480 e. The smallest absolute Gasteiger partial charge is 0.326 e. The van der Waals surface area contributed by atoms with E-state index in [-0.39, 0.29) is 18.9 Å². The molecule has 0 bridgehead atoms. The van der Waals surface area contributed by atoms with Crippen molar-refractivity contribution >= 4 is 23.7 Å². The molecule has 0 saturated heterocycles. The van der Waals surface area contributed by atoms with Crippen LogP contribution in [0.5, 0.6) is 0 Å². The predicted octanol–water partition coefficient (Wildman–Crippen LogP) is -2.51. The van der Waals surface area contributed by atoms with Crippen molar-refractivity contribution in [1.82, 2.24) is 25.9 Å². The minimum atomic E-state index is -1.43. The molecule has 4 unspecified atom stereocenters. The number of nitrogens with two attached hydrogens (primary N) is 1. The number of carbonyl (C=O) groups excluding carboxylic acids is 3. The first-order valence-electron chi connectivity index (χ1n) is 9.05. The lowest BCUT2D eigenvalue weighted by molar-refractivity contribution is -0.143. The fraction of sp³-hybridized carbons (Fsp3) is 0.588. The molecule has 12 nitrogen and oxygen atoms in total. The van der Waals surface area contributed by atoms with Crippen molar-refractivity contribution in [1.29, 1.82) is 0 Å². The molecule has 1 rings (SSSR count). The Bertz CT molecular complexity index is 705. The summed E-state index contributed by atoms with van der Waals surface area (Å²) in [5.74, 6) is -3.76. The van der Waals surface area contributed by atoms with E-state index >= 15 is 0 Å². The van der Waals surface area contributed by atoms with Gasteiger partial charge in [-0.25, -0.2) is 9.78 Å². The van der Waals surface area contributed by atoms with Crippen LogP contribution < -0.4 is 21.7 Å². The number of aliphatic hydroxyl groups is 1. The lowest BCUT2D eigenvalue weighted by Crippen LogP contribution is -2.60. The monoisotopic (exact) mass is 412 g/mol. The van der Waals surface area contributed by atoms with Gasteiger partial charge >= 0.3 is 5.97 Å². The highest BCUT2D eigenvalue weighted by molar-refractivity contribution is 5.94. The van der Waals surface area contributed by atoms with Gasteiger partial charge in [-0.05, 0) is 12.8 Å². The van der Waals surface area contributed by atoms with Crippen LogP contribution in [0.3, 0.4) is 0 Å². The number of carboxylic acids is 1. The van der Waals surface area contributed by atoms with Gasteiger partial charge in [-0.3, -0.25) is 14.4 Å². The summed E-state index contributed by atoms with van der Waals surface area (Å²) in [6.45, 7) is 4.33. The van der Waals surface area contributed by atoms with E-state index in [2.05, 4.69) is 25.9 Å². The molecule has 0 aromatic carbocycles. The van der Waals surface area contributed by atoms with Gasteiger partial charge in [0.25, 0.3) is 0 Å². The molecule has 0 spiro atoms. The van der Waals surface area contributed by atoms with E-state index in [1.165, 1.54) is 19.4 Å². The number of aromatic amines is 1. The number of nitrogens with one attached hydrogen (secondary N) is 4. The van der Waals surface area contributed by atoms with Crippen molar-refractivity contribution in [3.63, 3.8) is 0 Å². The largest absolute Gasteiger partial charge is 0.480 e. The standard InChI is InChI=1S/C17H28N6O6/c1-8(2)13(22-12(25)5-18)15(26)23-14(9(3)24)16(27)21-11(17(28)29)4-10-6-19-7-20-10/h6-9,11,13-14,24H,4-5,18H2,1-3H3,(H,19,20)(H,21,27)(H,22,25)(H,23,26)(H,28,29). The van der Waals surface area contributed by atoms with Crippen molar-refractivity contribution in [2.45, 2.75) is 51.4 Å². The molecular weight excluding hydrogens is 384 g/mol. The molecular formula is C17H28N6O6. The molecule has 0 aliphatic carbocycles. The summed E-state index contributed by atoms with van der Waals surface area (Å²) < 4.78 is 0. The molecule has 1 aromatic heterocycles. The molecule has 8 N–H and O–H groups in total. The Morgan fingerprint density at radius 2 is 1.72 bits per heavy atom. The number of nitrogens with zero attached hydrogens (tertiary/aromatic N) is 1. The highest BCUT2D eigenvalue weighted by Gasteiger charge is 2.33. The van der Waals surface area contributed by atoms with E-state index in [1.807, 2.05) is 0 Å². The van der Waals surface area contributed by atoms with Gasteiger partial charge in [0, 0.05) is 18.3 Å². The van der Waals surface area contributed by atoms with Crippen LogP contribution in [0.15, 0.2) is 12.5 Å². The van der Waals surface area contributed by atoms with Gasteiger partial charge < -0.3 is 36.9 Å². The van der Waals surface area contributed by atoms with Gasteiger partial charge in [0.05, 0.1) is 19.0 Å². The van der Waals surface area contributed by atoms with Crippen LogP contribution in [-0.2, 0) is 25.6 Å². The predicted molar refractivity (Wildman–Crippen MR) is 101 cm³/mol. The fourth-order valence-corrected chi connectivity index (χ4v) is 2.49. The average molecular weight is 412 g/mol. The molecule has 4 atom stereocenters. The number of rotatable bonds is 11. The number of amides is 3. The van der Waals surface area contributed by atoms with Crippen LogP contribution in [0.4, 0.5) is 0 Å². The minimum absolute atomic E-state index is 0.0667. The Morgan fingerprint density at radius 3 is 2.17 bits per heavy atom. The second-order valence-electron chi connectivity index (χ2n) is 6.90. The number of carboxylic acid groups (broad SMARTS) is 1. The number of hydrogen-bond donors (Lipinski definition) is 7. The first-order chi connectivity index (χ1) is 13.6. The molecule has 0 aliphatic rings. The van der Waals surface area contributed by atoms with Gasteiger partial charge in [0.1, 0.15) is 18.1 Å². The zero-order chi connectivity index (χ0) is 22.1. The van der Waals surface area contributed by atoms with E-state index in [0.29, 0.717) is 5.69 Å². The number of imidazole rings is 1. The number of aliphatic carboxylic acids is 1. The lowest BCUT2D eigenvalue weighted by Gasteiger charge is -2.27. The van der Waals surface area contributed by atoms with Crippen molar-refractivity contribution in [2.75, 3.05) is 6.54 Å². The van der Waals surface area contributed by atoms with Gasteiger partial charge in [0.15, 0.2) is 0 Å². The summed E-state index contributed by atoms with van der Waals surface area (Å²) in [5, 5.41) is 26.4. The Morgan fingerprint density at radius 1 is 1.10 bits per heavy atom. The third kappa shape index (κ3) is 7.50.